The standard InChI is InChI=1S/C36H41F2NO7/c37-36(38)18-19-39(25-36)35(44)29-22-28(26-10-5-3-6-11-26)23-30(24-29)45-20-7-2-1-4-12-27-13-8-14-32(31(27)16-17-34(42)43)46-21-9-15-33(40)41/h3,5-6,8,10-11,13-14,22-24H,1-2,4,7,9,12,15-21,25H2,(H,40,41)(H,42,43). The number of unbranched alkanes of at least 4 members (excludes halogenated alkanes) is 3. The van der Waals surface area contributed by atoms with Crippen LogP contribution >= 0.6 is 0 Å². The molecule has 1 heterocycles. The third kappa shape index (κ3) is 10.6. The lowest BCUT2D eigenvalue weighted by atomic mass is 9.97. The highest BCUT2D eigenvalue weighted by Crippen LogP contribution is 2.31. The summed E-state index contributed by atoms with van der Waals surface area (Å²) in [6.45, 7) is 0.108. The van der Waals surface area contributed by atoms with Crippen molar-refractivity contribution in [1.82, 2.24) is 4.90 Å². The second kappa shape index (κ2) is 16.7. The summed E-state index contributed by atoms with van der Waals surface area (Å²) in [4.78, 5) is 36.4. The van der Waals surface area contributed by atoms with Gasteiger partial charge in [0.1, 0.15) is 11.5 Å². The van der Waals surface area contributed by atoms with Crippen molar-refractivity contribution < 1.29 is 42.9 Å². The average Bonchev–Trinajstić information content (AvgIpc) is 3.41. The Morgan fingerprint density at radius 1 is 0.761 bits per heavy atom. The summed E-state index contributed by atoms with van der Waals surface area (Å²) in [7, 11) is 0. The molecule has 1 amide bonds. The van der Waals surface area contributed by atoms with Gasteiger partial charge in [-0.1, -0.05) is 55.3 Å². The molecule has 1 aliphatic rings. The predicted molar refractivity (Wildman–Crippen MR) is 170 cm³/mol. The Kier molecular flexibility index (Phi) is 12.5. The Balaban J connectivity index is 1.31. The first kappa shape index (κ1) is 34.4. The van der Waals surface area contributed by atoms with Gasteiger partial charge in [-0.3, -0.25) is 14.4 Å². The van der Waals surface area contributed by atoms with Gasteiger partial charge in [-0.25, -0.2) is 8.78 Å². The van der Waals surface area contributed by atoms with Crippen molar-refractivity contribution in [2.24, 2.45) is 0 Å². The topological polar surface area (TPSA) is 113 Å². The van der Waals surface area contributed by atoms with E-state index in [-0.39, 0.29) is 32.4 Å². The Morgan fingerprint density at radius 3 is 2.22 bits per heavy atom. The molecule has 246 valence electrons. The van der Waals surface area contributed by atoms with E-state index in [9.17, 15) is 28.3 Å². The fourth-order valence-electron chi connectivity index (χ4n) is 5.56. The molecule has 1 aliphatic heterocycles. The lowest BCUT2D eigenvalue weighted by Gasteiger charge is -2.18. The molecule has 0 saturated carbocycles. The van der Waals surface area contributed by atoms with Crippen LogP contribution < -0.4 is 9.47 Å². The number of likely N-dealkylation sites (tertiary alicyclic amines) is 1. The van der Waals surface area contributed by atoms with Gasteiger partial charge >= 0.3 is 11.9 Å². The monoisotopic (exact) mass is 637 g/mol. The normalized spacial score (nSPS) is 13.8. The molecule has 3 aromatic rings. The van der Waals surface area contributed by atoms with Gasteiger partial charge in [0.05, 0.1) is 19.8 Å². The number of benzene rings is 3. The van der Waals surface area contributed by atoms with Crippen molar-refractivity contribution in [2.45, 2.75) is 70.1 Å². The van der Waals surface area contributed by atoms with E-state index < -0.39 is 30.3 Å². The molecule has 0 spiro atoms. The van der Waals surface area contributed by atoms with Crippen LogP contribution in [0.4, 0.5) is 8.78 Å². The molecular weight excluding hydrogens is 596 g/mol. The number of aliphatic carboxylic acids is 2. The highest BCUT2D eigenvalue weighted by molar-refractivity contribution is 5.96. The molecule has 4 rings (SSSR count). The number of carboxylic acid groups (broad SMARTS) is 2. The van der Waals surface area contributed by atoms with Crippen LogP contribution in [0.2, 0.25) is 0 Å². The average molecular weight is 638 g/mol. The number of carboxylic acids is 2. The number of carbonyl (C=O) groups is 3. The molecule has 0 radical (unpaired) electrons. The van der Waals surface area contributed by atoms with Gasteiger partial charge in [0.25, 0.3) is 11.8 Å². The Bertz CT molecular complexity index is 1480. The third-order valence-corrected chi connectivity index (χ3v) is 7.94. The lowest BCUT2D eigenvalue weighted by molar-refractivity contribution is -0.138. The molecule has 0 aliphatic carbocycles. The van der Waals surface area contributed by atoms with Crippen LogP contribution in [0.1, 0.15) is 72.9 Å². The molecular formula is C36H41F2NO7. The smallest absolute Gasteiger partial charge is 0.303 e. The summed E-state index contributed by atoms with van der Waals surface area (Å²) in [6.07, 6.45) is 4.56. The van der Waals surface area contributed by atoms with Crippen LogP contribution in [-0.4, -0.2) is 65.2 Å². The summed E-state index contributed by atoms with van der Waals surface area (Å²) in [5, 5.41) is 18.1. The zero-order valence-electron chi connectivity index (χ0n) is 25.9. The zero-order valence-corrected chi connectivity index (χ0v) is 25.9. The quantitative estimate of drug-likeness (QED) is 0.141. The van der Waals surface area contributed by atoms with Gasteiger partial charge in [0.15, 0.2) is 0 Å². The van der Waals surface area contributed by atoms with Gasteiger partial charge in [-0.15, -0.1) is 0 Å². The predicted octanol–water partition coefficient (Wildman–Crippen LogP) is 7.28. The van der Waals surface area contributed by atoms with Gasteiger partial charge < -0.3 is 24.6 Å². The van der Waals surface area contributed by atoms with Crippen molar-refractivity contribution in [1.29, 1.82) is 0 Å². The van der Waals surface area contributed by atoms with E-state index in [1.54, 1.807) is 18.2 Å². The van der Waals surface area contributed by atoms with Gasteiger partial charge in [0.2, 0.25) is 0 Å². The van der Waals surface area contributed by atoms with E-state index in [0.717, 1.165) is 54.4 Å². The van der Waals surface area contributed by atoms with E-state index in [1.807, 2.05) is 48.5 Å². The summed E-state index contributed by atoms with van der Waals surface area (Å²) in [5.41, 5.74) is 3.87. The van der Waals surface area contributed by atoms with Crippen molar-refractivity contribution in [2.75, 3.05) is 26.3 Å². The van der Waals surface area contributed by atoms with E-state index in [0.29, 0.717) is 36.5 Å². The second-order valence-electron chi connectivity index (χ2n) is 11.6. The summed E-state index contributed by atoms with van der Waals surface area (Å²) < 4.78 is 39.5. The number of ether oxygens (including phenoxy) is 2. The SMILES string of the molecule is O=C(O)CCCOc1cccc(CCCCCCOc2cc(C(=O)N3CCC(F)(F)C3)cc(-c3ccccc3)c2)c1CCC(=O)O. The van der Waals surface area contributed by atoms with E-state index in [2.05, 4.69) is 0 Å². The second-order valence-corrected chi connectivity index (χ2v) is 11.6. The highest BCUT2D eigenvalue weighted by atomic mass is 19.3. The van der Waals surface area contributed by atoms with Crippen molar-refractivity contribution >= 4 is 17.8 Å². The molecule has 8 nitrogen and oxygen atoms in total. The molecule has 0 bridgehead atoms. The number of aryl methyl sites for hydroxylation is 1. The van der Waals surface area contributed by atoms with Crippen LogP contribution in [0.25, 0.3) is 11.1 Å². The molecule has 0 unspecified atom stereocenters. The van der Waals surface area contributed by atoms with Crippen LogP contribution in [0.3, 0.4) is 0 Å². The first-order valence-corrected chi connectivity index (χ1v) is 15.8. The largest absolute Gasteiger partial charge is 0.494 e. The molecule has 3 aromatic carbocycles. The fraction of sp³-hybridized carbons (Fsp3) is 0.417. The first-order valence-electron chi connectivity index (χ1n) is 15.8. The number of alkyl halides is 2. The number of hydrogen-bond donors (Lipinski definition) is 2. The molecule has 10 heteroatoms. The number of rotatable bonds is 18. The maximum atomic E-state index is 13.8. The molecule has 0 atom stereocenters. The molecule has 1 saturated heterocycles. The van der Waals surface area contributed by atoms with Gasteiger partial charge in [0, 0.05) is 31.4 Å². The number of nitrogens with zero attached hydrogens (tertiary/aromatic N) is 1. The Labute approximate surface area is 267 Å². The number of hydrogen-bond acceptors (Lipinski definition) is 5. The highest BCUT2D eigenvalue weighted by Gasteiger charge is 2.40. The third-order valence-electron chi connectivity index (χ3n) is 7.94. The lowest BCUT2D eigenvalue weighted by Crippen LogP contribution is -2.31. The first-order chi connectivity index (χ1) is 22.1. The maximum absolute atomic E-state index is 13.8. The number of carbonyl (C=O) groups excluding carboxylic acids is 1. The molecule has 0 aromatic heterocycles. The zero-order chi connectivity index (χ0) is 32.9. The van der Waals surface area contributed by atoms with E-state index in [1.165, 1.54) is 4.90 Å². The number of amides is 1. The Morgan fingerprint density at radius 2 is 1.50 bits per heavy atom. The van der Waals surface area contributed by atoms with Crippen molar-refractivity contribution in [3.63, 3.8) is 0 Å². The maximum Gasteiger partial charge on any atom is 0.303 e. The fourth-order valence-corrected chi connectivity index (χ4v) is 5.56. The number of halogens is 2. The van der Waals surface area contributed by atoms with Crippen LogP contribution in [0, 0.1) is 0 Å². The van der Waals surface area contributed by atoms with Gasteiger partial charge in [-0.05, 0) is 78.6 Å². The Hall–Kier alpha value is -4.47. The summed E-state index contributed by atoms with van der Waals surface area (Å²) in [6, 6.07) is 20.4. The van der Waals surface area contributed by atoms with E-state index in [4.69, 9.17) is 14.6 Å². The molecule has 1 fully saturated rings. The van der Waals surface area contributed by atoms with Crippen LogP contribution in [0.5, 0.6) is 11.5 Å². The van der Waals surface area contributed by atoms with Crippen LogP contribution in [-0.2, 0) is 22.4 Å². The van der Waals surface area contributed by atoms with Crippen molar-refractivity contribution in [3.8, 4) is 22.6 Å². The van der Waals surface area contributed by atoms with Gasteiger partial charge in [-0.2, -0.15) is 0 Å². The van der Waals surface area contributed by atoms with Crippen LogP contribution in [0.15, 0.2) is 66.7 Å². The molecule has 46 heavy (non-hydrogen) atoms. The minimum atomic E-state index is -2.87. The summed E-state index contributed by atoms with van der Waals surface area (Å²) in [5.74, 6) is -3.97. The van der Waals surface area contributed by atoms with E-state index >= 15 is 0 Å². The van der Waals surface area contributed by atoms with Crippen molar-refractivity contribution in [3.05, 3.63) is 83.4 Å². The summed E-state index contributed by atoms with van der Waals surface area (Å²) >= 11 is 0. The minimum absolute atomic E-state index is 0.00567. The molecule has 2 N–H and O–H groups in total. The minimum Gasteiger partial charge on any atom is -0.494 e.